The Morgan fingerprint density at radius 3 is 2.00 bits per heavy atom. The summed E-state index contributed by atoms with van der Waals surface area (Å²) in [6.45, 7) is 7.81. The predicted octanol–water partition coefficient (Wildman–Crippen LogP) is 3.82. The van der Waals surface area contributed by atoms with Crippen molar-refractivity contribution in [2.24, 2.45) is 0 Å². The van der Waals surface area contributed by atoms with Crippen LogP contribution in [0.2, 0.25) is 0 Å². The van der Waals surface area contributed by atoms with Crippen LogP contribution in [0.1, 0.15) is 56.5 Å². The van der Waals surface area contributed by atoms with Crippen molar-refractivity contribution in [3.05, 3.63) is 59.7 Å². The van der Waals surface area contributed by atoms with Gasteiger partial charge in [-0.3, -0.25) is 19.3 Å². The molecule has 0 aliphatic carbocycles. The van der Waals surface area contributed by atoms with Crippen LogP contribution in [-0.4, -0.2) is 29.8 Å². The van der Waals surface area contributed by atoms with E-state index in [1.54, 1.807) is 0 Å². The largest absolute Gasteiger partial charge is 0.449 e. The van der Waals surface area contributed by atoms with Gasteiger partial charge in [0.15, 0.2) is 6.10 Å². The quantitative estimate of drug-likeness (QED) is 0.584. The number of carbonyl (C=O) groups excluding carboxylic acids is 4. The van der Waals surface area contributed by atoms with Gasteiger partial charge in [0.2, 0.25) is 11.8 Å². The number of hydrogen-bond acceptors (Lipinski definition) is 5. The normalized spacial score (nSPS) is 15.0. The fourth-order valence-electron chi connectivity index (χ4n) is 3.19. The lowest BCUT2D eigenvalue weighted by molar-refractivity contribution is -0.124. The highest BCUT2D eigenvalue weighted by molar-refractivity contribution is 6.19. The molecule has 2 aromatic carbocycles. The molecule has 1 atom stereocenters. The van der Waals surface area contributed by atoms with Gasteiger partial charge in [-0.15, -0.1) is 0 Å². The van der Waals surface area contributed by atoms with Crippen molar-refractivity contribution in [2.45, 2.75) is 52.1 Å². The van der Waals surface area contributed by atoms with E-state index in [0.717, 1.165) is 10.5 Å². The van der Waals surface area contributed by atoms with Gasteiger partial charge in [0.05, 0.1) is 11.3 Å². The molecule has 0 saturated carbocycles. The topological polar surface area (TPSA) is 92.8 Å². The molecule has 1 aliphatic heterocycles. The first-order valence-corrected chi connectivity index (χ1v) is 10.1. The van der Waals surface area contributed by atoms with Crippen molar-refractivity contribution in [2.75, 3.05) is 10.2 Å². The van der Waals surface area contributed by atoms with Crippen LogP contribution < -0.4 is 10.2 Å². The number of nitrogens with zero attached hydrogens (tertiary/aromatic N) is 1. The molecule has 0 aromatic heterocycles. The Kier molecular flexibility index (Phi) is 6.24. The number of amides is 3. The van der Waals surface area contributed by atoms with Crippen LogP contribution in [0.3, 0.4) is 0 Å². The molecule has 3 amide bonds. The number of anilines is 2. The Balaban J connectivity index is 1.59. The van der Waals surface area contributed by atoms with Crippen LogP contribution in [0, 0.1) is 0 Å². The van der Waals surface area contributed by atoms with E-state index >= 15 is 0 Å². The van der Waals surface area contributed by atoms with E-state index in [4.69, 9.17) is 4.74 Å². The predicted molar refractivity (Wildman–Crippen MR) is 117 cm³/mol. The van der Waals surface area contributed by atoms with Gasteiger partial charge in [0.1, 0.15) is 0 Å². The lowest BCUT2D eigenvalue weighted by Crippen LogP contribution is -2.30. The van der Waals surface area contributed by atoms with Gasteiger partial charge < -0.3 is 10.1 Å². The van der Waals surface area contributed by atoms with E-state index in [1.807, 2.05) is 24.3 Å². The van der Waals surface area contributed by atoms with Crippen LogP contribution in [0.25, 0.3) is 0 Å². The first-order valence-electron chi connectivity index (χ1n) is 10.1. The molecule has 0 unspecified atom stereocenters. The second-order valence-corrected chi connectivity index (χ2v) is 8.53. The van der Waals surface area contributed by atoms with Gasteiger partial charge in [-0.05, 0) is 54.3 Å². The third kappa shape index (κ3) is 5.17. The highest BCUT2D eigenvalue weighted by Gasteiger charge is 2.30. The molecule has 7 heteroatoms. The van der Waals surface area contributed by atoms with Gasteiger partial charge in [-0.1, -0.05) is 32.9 Å². The zero-order valence-corrected chi connectivity index (χ0v) is 18.1. The van der Waals surface area contributed by atoms with E-state index in [1.165, 1.54) is 31.2 Å². The monoisotopic (exact) mass is 422 g/mol. The third-order valence-corrected chi connectivity index (χ3v) is 5.08. The van der Waals surface area contributed by atoms with Gasteiger partial charge in [0.25, 0.3) is 5.91 Å². The number of esters is 1. The second kappa shape index (κ2) is 8.71. The highest BCUT2D eigenvalue weighted by atomic mass is 16.5. The van der Waals surface area contributed by atoms with Crippen molar-refractivity contribution in [3.8, 4) is 0 Å². The molecular formula is C24H26N2O5. The Morgan fingerprint density at radius 2 is 1.48 bits per heavy atom. The molecule has 1 saturated heterocycles. The smallest absolute Gasteiger partial charge is 0.338 e. The summed E-state index contributed by atoms with van der Waals surface area (Å²) in [5.41, 5.74) is 2.40. The summed E-state index contributed by atoms with van der Waals surface area (Å²) >= 11 is 0. The molecule has 1 aliphatic rings. The average Bonchev–Trinajstić information content (AvgIpc) is 3.05. The van der Waals surface area contributed by atoms with Crippen LogP contribution in [0.15, 0.2) is 48.5 Å². The number of imide groups is 1. The number of carbonyl (C=O) groups is 4. The fourth-order valence-corrected chi connectivity index (χ4v) is 3.19. The zero-order valence-electron chi connectivity index (χ0n) is 18.1. The Labute approximate surface area is 181 Å². The van der Waals surface area contributed by atoms with Crippen LogP contribution >= 0.6 is 0 Å². The van der Waals surface area contributed by atoms with E-state index in [-0.39, 0.29) is 35.6 Å². The maximum atomic E-state index is 12.4. The number of ether oxygens (including phenoxy) is 1. The molecular weight excluding hydrogens is 396 g/mol. The molecule has 3 rings (SSSR count). The first kappa shape index (κ1) is 22.2. The molecule has 162 valence electrons. The number of hydrogen-bond donors (Lipinski definition) is 1. The van der Waals surface area contributed by atoms with E-state index < -0.39 is 18.0 Å². The van der Waals surface area contributed by atoms with E-state index in [9.17, 15) is 19.2 Å². The molecule has 31 heavy (non-hydrogen) atoms. The number of nitrogens with one attached hydrogen (secondary N) is 1. The minimum atomic E-state index is -1.00. The van der Waals surface area contributed by atoms with E-state index in [0.29, 0.717) is 11.4 Å². The molecule has 0 radical (unpaired) electrons. The number of benzene rings is 2. The lowest BCUT2D eigenvalue weighted by atomic mass is 9.87. The molecule has 1 N–H and O–H groups in total. The SMILES string of the molecule is C[C@@H](OC(=O)c1ccc(N2C(=O)CCC2=O)cc1)C(=O)Nc1ccc(C(C)(C)C)cc1. The van der Waals surface area contributed by atoms with Gasteiger partial charge in [-0.2, -0.15) is 0 Å². The van der Waals surface area contributed by atoms with Crippen molar-refractivity contribution >= 4 is 35.1 Å². The summed E-state index contributed by atoms with van der Waals surface area (Å²) in [6.07, 6.45) is -0.626. The minimum absolute atomic E-state index is 0.0102. The average molecular weight is 422 g/mol. The zero-order chi connectivity index (χ0) is 22.8. The summed E-state index contributed by atoms with van der Waals surface area (Å²) < 4.78 is 5.26. The van der Waals surface area contributed by atoms with Crippen molar-refractivity contribution in [3.63, 3.8) is 0 Å². The molecule has 2 aromatic rings. The summed E-state index contributed by atoms with van der Waals surface area (Å²) in [7, 11) is 0. The van der Waals surface area contributed by atoms with Crippen LogP contribution in [0.5, 0.6) is 0 Å². The molecule has 0 bridgehead atoms. The summed E-state index contributed by atoms with van der Waals surface area (Å²) in [5.74, 6) is -1.64. The fraction of sp³-hybridized carbons (Fsp3) is 0.333. The molecule has 0 spiro atoms. The van der Waals surface area contributed by atoms with Crippen molar-refractivity contribution < 1.29 is 23.9 Å². The lowest BCUT2D eigenvalue weighted by Gasteiger charge is -2.19. The second-order valence-electron chi connectivity index (χ2n) is 8.53. The van der Waals surface area contributed by atoms with Gasteiger partial charge >= 0.3 is 5.97 Å². The molecule has 1 fully saturated rings. The molecule has 7 nitrogen and oxygen atoms in total. The highest BCUT2D eigenvalue weighted by Crippen LogP contribution is 2.24. The maximum absolute atomic E-state index is 12.4. The van der Waals surface area contributed by atoms with Crippen molar-refractivity contribution in [1.82, 2.24) is 0 Å². The Hall–Kier alpha value is -3.48. The number of rotatable bonds is 5. The van der Waals surface area contributed by atoms with Crippen LogP contribution in [-0.2, 0) is 24.5 Å². The Bertz CT molecular complexity index is 988. The maximum Gasteiger partial charge on any atom is 0.338 e. The van der Waals surface area contributed by atoms with E-state index in [2.05, 4.69) is 26.1 Å². The van der Waals surface area contributed by atoms with Crippen LogP contribution in [0.4, 0.5) is 11.4 Å². The minimum Gasteiger partial charge on any atom is -0.449 e. The summed E-state index contributed by atoms with van der Waals surface area (Å²) in [4.78, 5) is 49.5. The first-order chi connectivity index (χ1) is 14.6. The standard InChI is InChI=1S/C24H26N2O5/c1-15(22(29)25-18-9-7-17(8-10-18)24(2,3)4)31-23(30)16-5-11-19(12-6-16)26-20(27)13-14-21(26)28/h5-12,15H,13-14H2,1-4H3,(H,25,29)/t15-/m1/s1. The summed E-state index contributed by atoms with van der Waals surface area (Å²) in [6, 6.07) is 13.5. The third-order valence-electron chi connectivity index (χ3n) is 5.08. The van der Waals surface area contributed by atoms with Gasteiger partial charge in [-0.25, -0.2) is 4.79 Å². The van der Waals surface area contributed by atoms with Gasteiger partial charge in [0, 0.05) is 18.5 Å². The summed E-state index contributed by atoms with van der Waals surface area (Å²) in [5, 5.41) is 2.74. The van der Waals surface area contributed by atoms with Crippen molar-refractivity contribution in [1.29, 1.82) is 0 Å². The Morgan fingerprint density at radius 1 is 0.935 bits per heavy atom. The molecule has 1 heterocycles.